The van der Waals surface area contributed by atoms with Gasteiger partial charge in [-0.25, -0.2) is 13.9 Å². The van der Waals surface area contributed by atoms with Crippen molar-refractivity contribution < 1.29 is 27.5 Å². The Balaban J connectivity index is 1.60. The first kappa shape index (κ1) is 23.2. The Hall–Kier alpha value is -3.99. The summed E-state index contributed by atoms with van der Waals surface area (Å²) >= 11 is 0. The zero-order chi connectivity index (χ0) is 24.5. The quantitative estimate of drug-likeness (QED) is 0.367. The zero-order valence-electron chi connectivity index (χ0n) is 17.6. The van der Waals surface area contributed by atoms with E-state index in [1.807, 2.05) is 0 Å². The molecule has 1 atom stereocenters. The summed E-state index contributed by atoms with van der Waals surface area (Å²) in [6, 6.07) is 13.0. The number of aliphatic hydroxyl groups is 1. The highest BCUT2D eigenvalue weighted by Crippen LogP contribution is 2.38. The first-order chi connectivity index (χ1) is 16.2. The van der Waals surface area contributed by atoms with E-state index in [0.717, 1.165) is 29.0 Å². The number of hydrogen-bond donors (Lipinski definition) is 3. The molecule has 2 aromatic carbocycles. The smallest absolute Gasteiger partial charge is 0.388 e. The molecule has 0 aliphatic heterocycles. The van der Waals surface area contributed by atoms with Crippen LogP contribution in [0, 0.1) is 5.82 Å². The van der Waals surface area contributed by atoms with Crippen molar-refractivity contribution in [3.8, 4) is 11.3 Å². The normalized spacial score (nSPS) is 12.6. The minimum Gasteiger partial charge on any atom is -0.388 e. The van der Waals surface area contributed by atoms with Crippen LogP contribution in [0.25, 0.3) is 16.8 Å². The summed E-state index contributed by atoms with van der Waals surface area (Å²) in [5.41, 5.74) is 4.56. The second kappa shape index (κ2) is 9.10. The van der Waals surface area contributed by atoms with Crippen molar-refractivity contribution in [3.63, 3.8) is 0 Å². The highest BCUT2D eigenvalue weighted by Gasteiger charge is 2.36. The topological polar surface area (TPSA) is 106 Å². The Morgan fingerprint density at radius 2 is 1.88 bits per heavy atom. The molecule has 0 aliphatic carbocycles. The number of aliphatic hydroxyl groups excluding tert-OH is 1. The van der Waals surface area contributed by atoms with Crippen LogP contribution in [0.4, 0.5) is 23.4 Å². The maximum atomic E-state index is 14.4. The van der Waals surface area contributed by atoms with Crippen molar-refractivity contribution in [2.45, 2.75) is 18.7 Å². The van der Waals surface area contributed by atoms with Gasteiger partial charge in [0.2, 0.25) is 0 Å². The fraction of sp³-hybridized carbons (Fsp3) is 0.174. The van der Waals surface area contributed by atoms with Crippen LogP contribution in [0.15, 0.2) is 60.9 Å². The molecule has 1 unspecified atom stereocenters. The summed E-state index contributed by atoms with van der Waals surface area (Å²) in [7, 11) is 0. The summed E-state index contributed by atoms with van der Waals surface area (Å²) in [6.45, 7) is 0.0502. The molecule has 0 aliphatic rings. The van der Waals surface area contributed by atoms with Gasteiger partial charge in [0.05, 0.1) is 22.9 Å². The van der Waals surface area contributed by atoms with Crippen molar-refractivity contribution in [1.82, 2.24) is 19.9 Å². The van der Waals surface area contributed by atoms with Gasteiger partial charge in [0.15, 0.2) is 5.82 Å². The number of nitrogens with two attached hydrogens (primary N) is 1. The van der Waals surface area contributed by atoms with E-state index in [0.29, 0.717) is 5.56 Å². The van der Waals surface area contributed by atoms with Gasteiger partial charge in [-0.15, -0.1) is 0 Å². The van der Waals surface area contributed by atoms with E-state index in [-0.39, 0.29) is 35.6 Å². The molecule has 4 N–H and O–H groups in total. The first-order valence-electron chi connectivity index (χ1n) is 10.2. The fourth-order valence-electron chi connectivity index (χ4n) is 3.61. The van der Waals surface area contributed by atoms with Crippen molar-refractivity contribution in [3.05, 3.63) is 83.4 Å². The summed E-state index contributed by atoms with van der Waals surface area (Å²) in [5.74, 6) is -1.99. The lowest BCUT2D eigenvalue weighted by Gasteiger charge is -2.12. The number of anilines is 1. The van der Waals surface area contributed by atoms with Crippen LogP contribution in [0.3, 0.4) is 0 Å². The van der Waals surface area contributed by atoms with Gasteiger partial charge >= 0.3 is 6.18 Å². The maximum absolute atomic E-state index is 14.4. The molecular formula is C23H19F4N5O2. The number of alkyl halides is 3. The SMILES string of the molecule is Nc1ncnn2c(-c3ccc(F)c(C(=O)NCCC(O)c4ccccc4)c3)cc(C(F)(F)F)c12. The highest BCUT2D eigenvalue weighted by molar-refractivity contribution is 5.95. The Bertz CT molecular complexity index is 1340. The van der Waals surface area contributed by atoms with Crippen LogP contribution in [0.1, 0.15) is 34.0 Å². The fourth-order valence-corrected chi connectivity index (χ4v) is 3.61. The molecule has 0 fully saturated rings. The number of carbonyl (C=O) groups excluding carboxylic acids is 1. The van der Waals surface area contributed by atoms with Crippen molar-refractivity contribution in [2.24, 2.45) is 0 Å². The van der Waals surface area contributed by atoms with E-state index in [4.69, 9.17) is 5.73 Å². The number of hydrogen-bond acceptors (Lipinski definition) is 5. The number of benzene rings is 2. The van der Waals surface area contributed by atoms with Crippen molar-refractivity contribution >= 4 is 17.2 Å². The standard InChI is InChI=1S/C23H19F4N5O2/c24-17-7-6-14(18-11-16(23(25,26)27)20-21(28)30-12-31-32(18)20)10-15(17)22(34)29-9-8-19(33)13-4-2-1-3-5-13/h1-7,10-12,19,33H,8-9H2,(H,29,34)(H2,28,30,31). The van der Waals surface area contributed by atoms with E-state index < -0.39 is 35.1 Å². The number of nitrogens with one attached hydrogen (secondary N) is 1. The van der Waals surface area contributed by atoms with Gasteiger partial charge in [-0.05, 0) is 36.2 Å². The lowest BCUT2D eigenvalue weighted by molar-refractivity contribution is -0.136. The van der Waals surface area contributed by atoms with Crippen LogP contribution in [0.2, 0.25) is 0 Å². The van der Waals surface area contributed by atoms with Crippen LogP contribution < -0.4 is 11.1 Å². The molecule has 4 aromatic rings. The third kappa shape index (κ3) is 4.55. The third-order valence-corrected chi connectivity index (χ3v) is 5.28. The number of halogens is 4. The molecule has 0 spiro atoms. The summed E-state index contributed by atoms with van der Waals surface area (Å²) < 4.78 is 56.0. The second-order valence-electron chi connectivity index (χ2n) is 7.51. The molecule has 0 bridgehead atoms. The van der Waals surface area contributed by atoms with E-state index in [9.17, 15) is 27.5 Å². The van der Waals surface area contributed by atoms with Gasteiger partial charge < -0.3 is 16.2 Å². The summed E-state index contributed by atoms with van der Waals surface area (Å²) in [5, 5.41) is 16.6. The van der Waals surface area contributed by atoms with Gasteiger partial charge in [0, 0.05) is 12.1 Å². The Morgan fingerprint density at radius 1 is 1.15 bits per heavy atom. The van der Waals surface area contributed by atoms with Gasteiger partial charge in [-0.2, -0.15) is 18.3 Å². The minimum absolute atomic E-state index is 0.0371. The Morgan fingerprint density at radius 3 is 2.59 bits per heavy atom. The lowest BCUT2D eigenvalue weighted by Crippen LogP contribution is -2.26. The number of aromatic nitrogens is 3. The second-order valence-corrected chi connectivity index (χ2v) is 7.51. The monoisotopic (exact) mass is 473 g/mol. The van der Waals surface area contributed by atoms with Crippen LogP contribution in [-0.4, -0.2) is 32.2 Å². The molecule has 7 nitrogen and oxygen atoms in total. The molecule has 0 saturated heterocycles. The van der Waals surface area contributed by atoms with E-state index in [1.165, 1.54) is 6.07 Å². The Labute approximate surface area is 190 Å². The zero-order valence-corrected chi connectivity index (χ0v) is 17.6. The predicted molar refractivity (Wildman–Crippen MR) is 116 cm³/mol. The van der Waals surface area contributed by atoms with E-state index >= 15 is 0 Å². The summed E-state index contributed by atoms with van der Waals surface area (Å²) in [6.07, 6.45) is -4.37. The lowest BCUT2D eigenvalue weighted by atomic mass is 10.1. The van der Waals surface area contributed by atoms with Gasteiger partial charge in [0.1, 0.15) is 17.7 Å². The van der Waals surface area contributed by atoms with Crippen LogP contribution in [0.5, 0.6) is 0 Å². The number of carbonyl (C=O) groups is 1. The average molecular weight is 473 g/mol. The minimum atomic E-state index is -4.73. The van der Waals surface area contributed by atoms with E-state index in [1.54, 1.807) is 30.3 Å². The van der Waals surface area contributed by atoms with Crippen molar-refractivity contribution in [2.75, 3.05) is 12.3 Å². The molecule has 11 heteroatoms. The first-order valence-corrected chi connectivity index (χ1v) is 10.2. The van der Waals surface area contributed by atoms with E-state index in [2.05, 4.69) is 15.4 Å². The number of nitrogens with zero attached hydrogens (tertiary/aromatic N) is 3. The summed E-state index contributed by atoms with van der Waals surface area (Å²) in [4.78, 5) is 16.2. The highest BCUT2D eigenvalue weighted by atomic mass is 19.4. The van der Waals surface area contributed by atoms with Gasteiger partial charge in [-0.3, -0.25) is 4.79 Å². The average Bonchev–Trinajstić information content (AvgIpc) is 3.21. The number of rotatable bonds is 6. The van der Waals surface area contributed by atoms with Crippen molar-refractivity contribution in [1.29, 1.82) is 0 Å². The molecular weight excluding hydrogens is 454 g/mol. The number of nitrogen functional groups attached to an aromatic ring is 1. The largest absolute Gasteiger partial charge is 0.418 e. The molecule has 34 heavy (non-hydrogen) atoms. The molecule has 176 valence electrons. The molecule has 4 rings (SSSR count). The molecule has 1 amide bonds. The van der Waals surface area contributed by atoms with Gasteiger partial charge in [-0.1, -0.05) is 30.3 Å². The Kier molecular flexibility index (Phi) is 6.20. The molecule has 0 saturated carbocycles. The number of amides is 1. The number of fused-ring (bicyclic) bond motifs is 1. The van der Waals surface area contributed by atoms with Gasteiger partial charge in [0.25, 0.3) is 5.91 Å². The van der Waals surface area contributed by atoms with Crippen LogP contribution in [-0.2, 0) is 6.18 Å². The maximum Gasteiger partial charge on any atom is 0.418 e. The molecule has 2 aromatic heterocycles. The molecule has 2 heterocycles. The predicted octanol–water partition coefficient (Wildman–Crippen LogP) is 3.99. The third-order valence-electron chi connectivity index (χ3n) is 5.28. The van der Waals surface area contributed by atoms with Crippen LogP contribution >= 0.6 is 0 Å². The molecule has 0 radical (unpaired) electrons.